The zero-order valence-electron chi connectivity index (χ0n) is 14.2. The second kappa shape index (κ2) is 7.83. The third-order valence-electron chi connectivity index (χ3n) is 4.12. The normalized spacial score (nSPS) is 12.5. The SMILES string of the molecule is CCc1ccccc1NC(=O)CCC(=O)c1ccc2c(c1)OCCO2. The van der Waals surface area contributed by atoms with Crippen LogP contribution >= 0.6 is 0 Å². The van der Waals surface area contributed by atoms with Gasteiger partial charge < -0.3 is 14.8 Å². The maximum atomic E-state index is 12.3. The minimum absolute atomic E-state index is 0.0871. The Morgan fingerprint density at radius 3 is 2.56 bits per heavy atom. The Kier molecular flexibility index (Phi) is 5.33. The predicted molar refractivity (Wildman–Crippen MR) is 95.4 cm³/mol. The number of amides is 1. The molecule has 0 aliphatic carbocycles. The number of carbonyl (C=O) groups excluding carboxylic acids is 2. The van der Waals surface area contributed by atoms with Crippen molar-refractivity contribution in [3.63, 3.8) is 0 Å². The van der Waals surface area contributed by atoms with E-state index >= 15 is 0 Å². The number of Topliss-reactive ketones (excluding diaryl/α,β-unsaturated/α-hetero) is 1. The minimum Gasteiger partial charge on any atom is -0.486 e. The molecular weight excluding hydrogens is 318 g/mol. The number of ether oxygens (including phenoxy) is 2. The van der Waals surface area contributed by atoms with Crippen LogP contribution in [0.4, 0.5) is 5.69 Å². The van der Waals surface area contributed by atoms with Crippen molar-refractivity contribution in [2.45, 2.75) is 26.2 Å². The van der Waals surface area contributed by atoms with E-state index < -0.39 is 0 Å². The van der Waals surface area contributed by atoms with Gasteiger partial charge in [-0.25, -0.2) is 0 Å². The Balaban J connectivity index is 1.57. The lowest BCUT2D eigenvalue weighted by atomic mass is 10.1. The molecule has 0 atom stereocenters. The number of rotatable bonds is 6. The van der Waals surface area contributed by atoms with Crippen LogP contribution in [0.3, 0.4) is 0 Å². The van der Waals surface area contributed by atoms with Crippen molar-refractivity contribution in [2.75, 3.05) is 18.5 Å². The molecule has 0 fully saturated rings. The summed E-state index contributed by atoms with van der Waals surface area (Å²) in [6.45, 7) is 3.03. The maximum absolute atomic E-state index is 12.3. The fourth-order valence-electron chi connectivity index (χ4n) is 2.75. The Morgan fingerprint density at radius 2 is 1.76 bits per heavy atom. The van der Waals surface area contributed by atoms with Gasteiger partial charge in [0, 0.05) is 24.1 Å². The molecule has 25 heavy (non-hydrogen) atoms. The molecule has 5 nitrogen and oxygen atoms in total. The summed E-state index contributed by atoms with van der Waals surface area (Å²) < 4.78 is 10.9. The van der Waals surface area contributed by atoms with Crippen LogP contribution in [-0.4, -0.2) is 24.9 Å². The number of anilines is 1. The first-order valence-electron chi connectivity index (χ1n) is 8.48. The summed E-state index contributed by atoms with van der Waals surface area (Å²) in [5.41, 5.74) is 2.42. The van der Waals surface area contributed by atoms with Gasteiger partial charge in [-0.15, -0.1) is 0 Å². The fraction of sp³-hybridized carbons (Fsp3) is 0.300. The van der Waals surface area contributed by atoms with Gasteiger partial charge in [-0.1, -0.05) is 25.1 Å². The molecule has 0 bridgehead atoms. The molecule has 1 heterocycles. The second-order valence-electron chi connectivity index (χ2n) is 5.84. The van der Waals surface area contributed by atoms with Gasteiger partial charge in [-0.05, 0) is 36.2 Å². The number of benzene rings is 2. The fourth-order valence-corrected chi connectivity index (χ4v) is 2.75. The smallest absolute Gasteiger partial charge is 0.224 e. The molecule has 0 spiro atoms. The quantitative estimate of drug-likeness (QED) is 0.817. The van der Waals surface area contributed by atoms with Gasteiger partial charge in [-0.2, -0.15) is 0 Å². The topological polar surface area (TPSA) is 64.6 Å². The molecular formula is C20H21NO4. The molecule has 1 amide bonds. The lowest BCUT2D eigenvalue weighted by Gasteiger charge is -2.18. The van der Waals surface area contributed by atoms with Gasteiger partial charge in [0.05, 0.1) is 0 Å². The average molecular weight is 339 g/mol. The van der Waals surface area contributed by atoms with Crippen molar-refractivity contribution in [1.82, 2.24) is 0 Å². The summed E-state index contributed by atoms with van der Waals surface area (Å²) in [5, 5.41) is 2.88. The minimum atomic E-state index is -0.160. The molecule has 0 saturated carbocycles. The van der Waals surface area contributed by atoms with Crippen LogP contribution in [0.15, 0.2) is 42.5 Å². The van der Waals surface area contributed by atoms with E-state index in [1.807, 2.05) is 31.2 Å². The molecule has 2 aromatic rings. The highest BCUT2D eigenvalue weighted by Crippen LogP contribution is 2.31. The molecule has 5 heteroatoms. The summed E-state index contributed by atoms with van der Waals surface area (Å²) in [4.78, 5) is 24.5. The molecule has 1 aliphatic heterocycles. The summed E-state index contributed by atoms with van der Waals surface area (Å²) in [5.74, 6) is 0.984. The van der Waals surface area contributed by atoms with Crippen molar-refractivity contribution >= 4 is 17.4 Å². The first kappa shape index (κ1) is 17.0. The zero-order valence-corrected chi connectivity index (χ0v) is 14.2. The Bertz CT molecular complexity index is 785. The number of nitrogens with one attached hydrogen (secondary N) is 1. The van der Waals surface area contributed by atoms with E-state index in [2.05, 4.69) is 5.32 Å². The number of ketones is 1. The summed E-state index contributed by atoms with van der Waals surface area (Å²) in [7, 11) is 0. The van der Waals surface area contributed by atoms with Gasteiger partial charge in [0.25, 0.3) is 0 Å². The van der Waals surface area contributed by atoms with Crippen LogP contribution in [0.2, 0.25) is 0 Å². The van der Waals surface area contributed by atoms with Crippen molar-refractivity contribution in [1.29, 1.82) is 0 Å². The predicted octanol–water partition coefficient (Wildman–Crippen LogP) is 3.62. The zero-order chi connectivity index (χ0) is 17.6. The van der Waals surface area contributed by atoms with Crippen molar-refractivity contribution in [2.24, 2.45) is 0 Å². The first-order valence-corrected chi connectivity index (χ1v) is 8.48. The van der Waals surface area contributed by atoms with E-state index in [-0.39, 0.29) is 24.5 Å². The van der Waals surface area contributed by atoms with Gasteiger partial charge in [0.15, 0.2) is 17.3 Å². The average Bonchev–Trinajstić information content (AvgIpc) is 2.66. The molecule has 1 N–H and O–H groups in total. The van der Waals surface area contributed by atoms with E-state index in [4.69, 9.17) is 9.47 Å². The van der Waals surface area contributed by atoms with Crippen LogP contribution in [0.1, 0.15) is 35.7 Å². The van der Waals surface area contributed by atoms with E-state index in [1.54, 1.807) is 18.2 Å². The highest BCUT2D eigenvalue weighted by molar-refractivity contribution is 6.00. The number of hydrogen-bond donors (Lipinski definition) is 1. The maximum Gasteiger partial charge on any atom is 0.224 e. The molecule has 130 valence electrons. The van der Waals surface area contributed by atoms with Crippen LogP contribution in [0.25, 0.3) is 0 Å². The lowest BCUT2D eigenvalue weighted by Crippen LogP contribution is -2.16. The van der Waals surface area contributed by atoms with E-state index in [0.29, 0.717) is 30.3 Å². The van der Waals surface area contributed by atoms with E-state index in [9.17, 15) is 9.59 Å². The highest BCUT2D eigenvalue weighted by atomic mass is 16.6. The highest BCUT2D eigenvalue weighted by Gasteiger charge is 2.16. The van der Waals surface area contributed by atoms with Crippen molar-refractivity contribution in [3.05, 3.63) is 53.6 Å². The van der Waals surface area contributed by atoms with Gasteiger partial charge in [-0.3, -0.25) is 9.59 Å². The Hall–Kier alpha value is -2.82. The third-order valence-corrected chi connectivity index (χ3v) is 4.12. The number of para-hydroxylation sites is 1. The van der Waals surface area contributed by atoms with E-state index in [1.165, 1.54) is 0 Å². The molecule has 3 rings (SSSR count). The van der Waals surface area contributed by atoms with Crippen LogP contribution in [0, 0.1) is 0 Å². The van der Waals surface area contributed by atoms with Crippen LogP contribution in [-0.2, 0) is 11.2 Å². The van der Waals surface area contributed by atoms with E-state index in [0.717, 1.165) is 17.7 Å². The van der Waals surface area contributed by atoms with Gasteiger partial charge in [0.1, 0.15) is 13.2 Å². The molecule has 2 aromatic carbocycles. The third kappa shape index (κ3) is 4.18. The largest absolute Gasteiger partial charge is 0.486 e. The molecule has 0 unspecified atom stereocenters. The number of aryl methyl sites for hydroxylation is 1. The lowest BCUT2D eigenvalue weighted by molar-refractivity contribution is -0.116. The molecule has 0 aromatic heterocycles. The first-order chi connectivity index (χ1) is 12.2. The van der Waals surface area contributed by atoms with Crippen LogP contribution < -0.4 is 14.8 Å². The molecule has 1 aliphatic rings. The van der Waals surface area contributed by atoms with Gasteiger partial charge in [0.2, 0.25) is 5.91 Å². The van der Waals surface area contributed by atoms with Crippen molar-refractivity contribution in [3.8, 4) is 11.5 Å². The molecule has 0 saturated heterocycles. The Labute approximate surface area is 147 Å². The number of hydrogen-bond acceptors (Lipinski definition) is 4. The van der Waals surface area contributed by atoms with Crippen molar-refractivity contribution < 1.29 is 19.1 Å². The monoisotopic (exact) mass is 339 g/mol. The second-order valence-corrected chi connectivity index (χ2v) is 5.84. The number of carbonyl (C=O) groups is 2. The van der Waals surface area contributed by atoms with Crippen LogP contribution in [0.5, 0.6) is 11.5 Å². The Morgan fingerprint density at radius 1 is 1.00 bits per heavy atom. The summed E-state index contributed by atoms with van der Waals surface area (Å²) in [6, 6.07) is 12.8. The number of fused-ring (bicyclic) bond motifs is 1. The standard InChI is InChI=1S/C20H21NO4/c1-2-14-5-3-4-6-16(14)21-20(23)10-8-17(22)15-7-9-18-19(13-15)25-12-11-24-18/h3-7,9,13H,2,8,10-12H2,1H3,(H,21,23). The summed E-state index contributed by atoms with van der Waals surface area (Å²) >= 11 is 0. The molecule has 0 radical (unpaired) electrons. The summed E-state index contributed by atoms with van der Waals surface area (Å²) in [6.07, 6.45) is 1.14. The van der Waals surface area contributed by atoms with Gasteiger partial charge >= 0.3 is 0 Å².